The van der Waals surface area contributed by atoms with Crippen LogP contribution in [0.25, 0.3) is 10.8 Å². The second kappa shape index (κ2) is 5.92. The second-order valence-electron chi connectivity index (χ2n) is 3.36. The maximum absolute atomic E-state index is 8.75. The van der Waals surface area contributed by atoms with Crippen LogP contribution in [0, 0.1) is 11.3 Å². The third-order valence-electron chi connectivity index (χ3n) is 2.44. The molecule has 0 bridgehead atoms. The molecule has 0 radical (unpaired) electrons. The highest BCUT2D eigenvalue weighted by Crippen LogP contribution is 2.17. The van der Waals surface area contributed by atoms with Crippen molar-refractivity contribution in [3.63, 3.8) is 0 Å². The van der Waals surface area contributed by atoms with E-state index in [1.165, 1.54) is 10.9 Å². The molecule has 2 aromatic rings. The molecule has 0 aliphatic carbocycles. The molecule has 0 atom stereocenters. The summed E-state index contributed by atoms with van der Waals surface area (Å²) >= 11 is 0. The molecule has 82 valence electrons. The van der Waals surface area contributed by atoms with Gasteiger partial charge in [0.1, 0.15) is 0 Å². The van der Waals surface area contributed by atoms with Gasteiger partial charge in [0, 0.05) is 0 Å². The van der Waals surface area contributed by atoms with Gasteiger partial charge < -0.3 is 0 Å². The summed E-state index contributed by atoms with van der Waals surface area (Å²) in [7, 11) is 0. The van der Waals surface area contributed by atoms with Gasteiger partial charge in [-0.05, 0) is 34.9 Å². The zero-order valence-electron chi connectivity index (χ0n) is 10.1. The maximum atomic E-state index is 8.75. The smallest absolute Gasteiger partial charge is 0.0991 e. The SMILES string of the molecule is CC.CCc1ccc2cc(C#N)ccc2c1. The van der Waals surface area contributed by atoms with Crippen molar-refractivity contribution in [3.8, 4) is 6.07 Å². The molecule has 0 saturated heterocycles. The number of nitriles is 1. The van der Waals surface area contributed by atoms with Gasteiger partial charge in [0.15, 0.2) is 0 Å². The minimum atomic E-state index is 0.724. The van der Waals surface area contributed by atoms with E-state index in [4.69, 9.17) is 5.26 Å². The Morgan fingerprint density at radius 1 is 1.00 bits per heavy atom. The molecule has 0 N–H and O–H groups in total. The fourth-order valence-corrected chi connectivity index (χ4v) is 1.58. The van der Waals surface area contributed by atoms with E-state index in [2.05, 4.69) is 31.2 Å². The quantitative estimate of drug-likeness (QED) is 0.690. The number of fused-ring (bicyclic) bond motifs is 1. The van der Waals surface area contributed by atoms with Crippen LogP contribution in [0.3, 0.4) is 0 Å². The fourth-order valence-electron chi connectivity index (χ4n) is 1.58. The van der Waals surface area contributed by atoms with Crippen LogP contribution in [0.5, 0.6) is 0 Å². The first-order valence-corrected chi connectivity index (χ1v) is 5.76. The van der Waals surface area contributed by atoms with E-state index < -0.39 is 0 Å². The summed E-state index contributed by atoms with van der Waals surface area (Å²) in [5, 5.41) is 11.1. The van der Waals surface area contributed by atoms with Crippen molar-refractivity contribution in [1.82, 2.24) is 0 Å². The summed E-state index contributed by atoms with van der Waals surface area (Å²) in [6, 6.07) is 14.3. The van der Waals surface area contributed by atoms with Crippen molar-refractivity contribution in [2.24, 2.45) is 0 Å². The Labute approximate surface area is 97.3 Å². The van der Waals surface area contributed by atoms with Gasteiger partial charge in [-0.25, -0.2) is 0 Å². The van der Waals surface area contributed by atoms with Crippen LogP contribution in [-0.2, 0) is 6.42 Å². The van der Waals surface area contributed by atoms with Crippen LogP contribution in [-0.4, -0.2) is 0 Å². The van der Waals surface area contributed by atoms with E-state index in [0.717, 1.165) is 17.4 Å². The Kier molecular flexibility index (Phi) is 4.54. The Balaban J connectivity index is 0.000000606. The number of benzene rings is 2. The van der Waals surface area contributed by atoms with E-state index in [1.807, 2.05) is 32.0 Å². The van der Waals surface area contributed by atoms with Gasteiger partial charge in [-0.15, -0.1) is 0 Å². The first kappa shape index (κ1) is 12.3. The predicted molar refractivity (Wildman–Crippen MR) is 69.4 cm³/mol. The number of hydrogen-bond donors (Lipinski definition) is 0. The molecule has 0 heterocycles. The van der Waals surface area contributed by atoms with Gasteiger partial charge in [-0.2, -0.15) is 5.26 Å². The first-order chi connectivity index (χ1) is 7.83. The van der Waals surface area contributed by atoms with Gasteiger partial charge >= 0.3 is 0 Å². The molecule has 0 aromatic heterocycles. The molecule has 1 nitrogen and oxygen atoms in total. The normalized spacial score (nSPS) is 9.12. The van der Waals surface area contributed by atoms with Crippen molar-refractivity contribution >= 4 is 10.8 Å². The van der Waals surface area contributed by atoms with Crippen LogP contribution in [0.4, 0.5) is 0 Å². The number of aryl methyl sites for hydroxylation is 1. The highest BCUT2D eigenvalue weighted by molar-refractivity contribution is 5.84. The molecule has 2 aromatic carbocycles. The van der Waals surface area contributed by atoms with Gasteiger partial charge in [-0.1, -0.05) is 45.0 Å². The van der Waals surface area contributed by atoms with Crippen LogP contribution < -0.4 is 0 Å². The number of rotatable bonds is 1. The molecule has 0 aliphatic heterocycles. The van der Waals surface area contributed by atoms with E-state index >= 15 is 0 Å². The zero-order valence-corrected chi connectivity index (χ0v) is 10.1. The molecular weight excluding hydrogens is 194 g/mol. The van der Waals surface area contributed by atoms with Crippen LogP contribution >= 0.6 is 0 Å². The van der Waals surface area contributed by atoms with Gasteiger partial charge in [0.2, 0.25) is 0 Å². The highest BCUT2D eigenvalue weighted by atomic mass is 14.2. The summed E-state index contributed by atoms with van der Waals surface area (Å²) in [5.74, 6) is 0. The standard InChI is InChI=1S/C13H11N.C2H6/c1-2-10-3-5-13-8-11(9-14)4-6-12(13)7-10;1-2/h3-8H,2H2,1H3;1-2H3. The summed E-state index contributed by atoms with van der Waals surface area (Å²) in [5.41, 5.74) is 2.06. The van der Waals surface area contributed by atoms with Crippen molar-refractivity contribution in [3.05, 3.63) is 47.5 Å². The fraction of sp³-hybridized carbons (Fsp3) is 0.267. The topological polar surface area (TPSA) is 23.8 Å². The van der Waals surface area contributed by atoms with Crippen LogP contribution in [0.15, 0.2) is 36.4 Å². The van der Waals surface area contributed by atoms with Gasteiger partial charge in [-0.3, -0.25) is 0 Å². The van der Waals surface area contributed by atoms with E-state index in [0.29, 0.717) is 0 Å². The first-order valence-electron chi connectivity index (χ1n) is 5.76. The Hall–Kier alpha value is -1.81. The monoisotopic (exact) mass is 211 g/mol. The van der Waals surface area contributed by atoms with E-state index in [9.17, 15) is 0 Å². The van der Waals surface area contributed by atoms with Crippen molar-refractivity contribution < 1.29 is 0 Å². The number of hydrogen-bond acceptors (Lipinski definition) is 1. The highest BCUT2D eigenvalue weighted by Gasteiger charge is 1.96. The lowest BCUT2D eigenvalue weighted by molar-refractivity contribution is 1.15. The molecule has 0 fully saturated rings. The number of nitrogens with zero attached hydrogens (tertiary/aromatic N) is 1. The van der Waals surface area contributed by atoms with Crippen molar-refractivity contribution in [1.29, 1.82) is 5.26 Å². The molecule has 0 saturated carbocycles. The molecular formula is C15H17N. The molecule has 0 amide bonds. The lowest BCUT2D eigenvalue weighted by atomic mass is 10.0. The Morgan fingerprint density at radius 2 is 1.62 bits per heavy atom. The zero-order chi connectivity index (χ0) is 12.0. The molecule has 0 aliphatic rings. The molecule has 0 unspecified atom stereocenters. The van der Waals surface area contributed by atoms with E-state index in [1.54, 1.807) is 0 Å². The lowest BCUT2D eigenvalue weighted by Crippen LogP contribution is -1.81. The molecule has 1 heteroatoms. The maximum Gasteiger partial charge on any atom is 0.0991 e. The van der Waals surface area contributed by atoms with E-state index in [-0.39, 0.29) is 0 Å². The molecule has 16 heavy (non-hydrogen) atoms. The Morgan fingerprint density at radius 3 is 2.25 bits per heavy atom. The van der Waals surface area contributed by atoms with Gasteiger partial charge in [0.05, 0.1) is 11.6 Å². The average molecular weight is 211 g/mol. The summed E-state index contributed by atoms with van der Waals surface area (Å²) < 4.78 is 0. The second-order valence-corrected chi connectivity index (χ2v) is 3.36. The summed E-state index contributed by atoms with van der Waals surface area (Å²) in [6.45, 7) is 6.14. The molecule has 0 spiro atoms. The minimum Gasteiger partial charge on any atom is -0.192 e. The predicted octanol–water partition coefficient (Wildman–Crippen LogP) is 4.30. The summed E-state index contributed by atoms with van der Waals surface area (Å²) in [4.78, 5) is 0. The third-order valence-corrected chi connectivity index (χ3v) is 2.44. The van der Waals surface area contributed by atoms with Crippen LogP contribution in [0.2, 0.25) is 0 Å². The molecule has 2 rings (SSSR count). The third kappa shape index (κ3) is 2.61. The average Bonchev–Trinajstić information content (AvgIpc) is 2.39. The van der Waals surface area contributed by atoms with Crippen LogP contribution in [0.1, 0.15) is 31.9 Å². The summed E-state index contributed by atoms with van der Waals surface area (Å²) in [6.07, 6.45) is 1.05. The largest absolute Gasteiger partial charge is 0.192 e. The lowest BCUT2D eigenvalue weighted by Gasteiger charge is -2.01. The van der Waals surface area contributed by atoms with Gasteiger partial charge in [0.25, 0.3) is 0 Å². The van der Waals surface area contributed by atoms with Crippen molar-refractivity contribution in [2.45, 2.75) is 27.2 Å². The van der Waals surface area contributed by atoms with Crippen molar-refractivity contribution in [2.75, 3.05) is 0 Å². The Bertz CT molecular complexity index is 506. The minimum absolute atomic E-state index is 0.724.